The fourth-order valence-electron chi connectivity index (χ4n) is 2.08. The molecule has 0 unspecified atom stereocenters. The summed E-state index contributed by atoms with van der Waals surface area (Å²) in [6.45, 7) is 14.8. The fourth-order valence-corrected chi connectivity index (χ4v) is 2.08. The molecular formula is C18H31NO. The third-order valence-corrected chi connectivity index (χ3v) is 3.65. The SMILES string of the molecule is CCC(CC)COc1ccc(C)cc1CNC(C)(C)C. The van der Waals surface area contributed by atoms with Gasteiger partial charge in [-0.05, 0) is 39.7 Å². The summed E-state index contributed by atoms with van der Waals surface area (Å²) >= 11 is 0. The van der Waals surface area contributed by atoms with E-state index in [1.54, 1.807) is 0 Å². The van der Waals surface area contributed by atoms with E-state index < -0.39 is 0 Å². The quantitative estimate of drug-likeness (QED) is 0.780. The minimum Gasteiger partial charge on any atom is -0.493 e. The molecule has 0 amide bonds. The van der Waals surface area contributed by atoms with E-state index in [4.69, 9.17) is 4.74 Å². The molecule has 0 aliphatic heterocycles. The van der Waals surface area contributed by atoms with Gasteiger partial charge in [-0.25, -0.2) is 0 Å². The van der Waals surface area contributed by atoms with E-state index >= 15 is 0 Å². The monoisotopic (exact) mass is 277 g/mol. The summed E-state index contributed by atoms with van der Waals surface area (Å²) in [6, 6.07) is 6.46. The molecule has 0 radical (unpaired) electrons. The molecule has 0 aliphatic rings. The molecular weight excluding hydrogens is 246 g/mol. The number of benzene rings is 1. The van der Waals surface area contributed by atoms with Gasteiger partial charge in [0.25, 0.3) is 0 Å². The molecule has 1 N–H and O–H groups in total. The molecule has 0 atom stereocenters. The Labute approximate surface area is 124 Å². The lowest BCUT2D eigenvalue weighted by Crippen LogP contribution is -2.35. The van der Waals surface area contributed by atoms with Gasteiger partial charge in [0.1, 0.15) is 5.75 Å². The maximum Gasteiger partial charge on any atom is 0.123 e. The summed E-state index contributed by atoms with van der Waals surface area (Å²) in [5, 5.41) is 3.54. The van der Waals surface area contributed by atoms with Crippen molar-refractivity contribution < 1.29 is 4.74 Å². The van der Waals surface area contributed by atoms with Gasteiger partial charge in [0.2, 0.25) is 0 Å². The molecule has 0 aliphatic carbocycles. The van der Waals surface area contributed by atoms with E-state index in [1.807, 2.05) is 0 Å². The molecule has 0 spiro atoms. The van der Waals surface area contributed by atoms with E-state index in [9.17, 15) is 0 Å². The van der Waals surface area contributed by atoms with Crippen molar-refractivity contribution >= 4 is 0 Å². The standard InChI is InChI=1S/C18H31NO/c1-7-15(8-2)13-20-17-10-9-14(3)11-16(17)12-19-18(4,5)6/h9-11,15,19H,7-8,12-13H2,1-6H3. The van der Waals surface area contributed by atoms with Crippen LogP contribution in [0.15, 0.2) is 18.2 Å². The van der Waals surface area contributed by atoms with Crippen molar-refractivity contribution in [2.24, 2.45) is 5.92 Å². The summed E-state index contributed by atoms with van der Waals surface area (Å²) in [7, 11) is 0. The molecule has 0 saturated heterocycles. The molecule has 0 bridgehead atoms. The Morgan fingerprint density at radius 1 is 1.15 bits per heavy atom. The fraction of sp³-hybridized carbons (Fsp3) is 0.667. The maximum atomic E-state index is 6.06. The molecule has 2 nitrogen and oxygen atoms in total. The van der Waals surface area contributed by atoms with Crippen LogP contribution >= 0.6 is 0 Å². The summed E-state index contributed by atoms with van der Waals surface area (Å²) in [5.41, 5.74) is 2.66. The van der Waals surface area contributed by atoms with Crippen molar-refractivity contribution in [3.63, 3.8) is 0 Å². The van der Waals surface area contributed by atoms with Gasteiger partial charge >= 0.3 is 0 Å². The largest absolute Gasteiger partial charge is 0.493 e. The van der Waals surface area contributed by atoms with Crippen LogP contribution in [-0.4, -0.2) is 12.1 Å². The molecule has 0 heterocycles. The molecule has 1 aromatic rings. The second kappa shape index (κ2) is 7.68. The van der Waals surface area contributed by atoms with Crippen LogP contribution in [0.2, 0.25) is 0 Å². The van der Waals surface area contributed by atoms with Crippen molar-refractivity contribution in [3.8, 4) is 5.75 Å². The molecule has 0 fully saturated rings. The van der Waals surface area contributed by atoms with E-state index in [0.29, 0.717) is 5.92 Å². The maximum absolute atomic E-state index is 6.06. The van der Waals surface area contributed by atoms with Crippen LogP contribution < -0.4 is 10.1 Å². The average molecular weight is 277 g/mol. The molecule has 0 aromatic heterocycles. The van der Waals surface area contributed by atoms with Gasteiger partial charge in [-0.1, -0.05) is 44.4 Å². The zero-order valence-corrected chi connectivity index (χ0v) is 14.0. The predicted octanol–water partition coefficient (Wildman–Crippen LogP) is 4.70. The van der Waals surface area contributed by atoms with Crippen molar-refractivity contribution in [1.29, 1.82) is 0 Å². The zero-order valence-electron chi connectivity index (χ0n) is 14.0. The second-order valence-corrected chi connectivity index (χ2v) is 6.71. The average Bonchev–Trinajstić information content (AvgIpc) is 2.38. The highest BCUT2D eigenvalue weighted by Gasteiger charge is 2.12. The first-order valence-electron chi connectivity index (χ1n) is 7.83. The van der Waals surface area contributed by atoms with E-state index in [2.05, 4.69) is 65.1 Å². The predicted molar refractivity (Wildman–Crippen MR) is 87.3 cm³/mol. The number of hydrogen-bond acceptors (Lipinski definition) is 2. The highest BCUT2D eigenvalue weighted by molar-refractivity contribution is 5.37. The van der Waals surface area contributed by atoms with Gasteiger partial charge < -0.3 is 10.1 Å². The lowest BCUT2D eigenvalue weighted by Gasteiger charge is -2.22. The Bertz CT molecular complexity index is 402. The smallest absolute Gasteiger partial charge is 0.123 e. The van der Waals surface area contributed by atoms with Gasteiger partial charge in [-0.2, -0.15) is 0 Å². The van der Waals surface area contributed by atoms with Crippen LogP contribution in [0.3, 0.4) is 0 Å². The number of rotatable bonds is 7. The molecule has 20 heavy (non-hydrogen) atoms. The molecule has 0 saturated carbocycles. The third-order valence-electron chi connectivity index (χ3n) is 3.65. The second-order valence-electron chi connectivity index (χ2n) is 6.71. The van der Waals surface area contributed by atoms with Crippen LogP contribution in [0.4, 0.5) is 0 Å². The third kappa shape index (κ3) is 5.96. The Morgan fingerprint density at radius 3 is 2.35 bits per heavy atom. The summed E-state index contributed by atoms with van der Waals surface area (Å²) in [6.07, 6.45) is 2.36. The molecule has 2 heteroatoms. The van der Waals surface area contributed by atoms with Crippen LogP contribution in [-0.2, 0) is 6.54 Å². The molecule has 1 aromatic carbocycles. The van der Waals surface area contributed by atoms with Crippen molar-refractivity contribution in [2.45, 2.75) is 66.5 Å². The Balaban J connectivity index is 2.74. The van der Waals surface area contributed by atoms with E-state index in [0.717, 1.165) is 18.9 Å². The summed E-state index contributed by atoms with van der Waals surface area (Å²) in [5.74, 6) is 1.68. The first-order valence-corrected chi connectivity index (χ1v) is 7.83. The zero-order chi connectivity index (χ0) is 15.2. The lowest BCUT2D eigenvalue weighted by molar-refractivity contribution is 0.237. The normalized spacial score (nSPS) is 11.9. The first kappa shape index (κ1) is 17.0. The number of aryl methyl sites for hydroxylation is 1. The van der Waals surface area contributed by atoms with E-state index in [1.165, 1.54) is 24.0 Å². The summed E-state index contributed by atoms with van der Waals surface area (Å²) in [4.78, 5) is 0. The first-order chi connectivity index (χ1) is 9.35. The molecule has 114 valence electrons. The van der Waals surface area contributed by atoms with Crippen LogP contribution in [0.1, 0.15) is 58.6 Å². The lowest BCUT2D eigenvalue weighted by atomic mass is 10.0. The van der Waals surface area contributed by atoms with Gasteiger partial charge in [0.15, 0.2) is 0 Å². The minimum atomic E-state index is 0.121. The van der Waals surface area contributed by atoms with Crippen molar-refractivity contribution in [3.05, 3.63) is 29.3 Å². The Kier molecular flexibility index (Phi) is 6.54. The number of hydrogen-bond donors (Lipinski definition) is 1. The number of ether oxygens (including phenoxy) is 1. The van der Waals surface area contributed by atoms with Crippen molar-refractivity contribution in [2.75, 3.05) is 6.61 Å². The van der Waals surface area contributed by atoms with Gasteiger partial charge in [-0.3, -0.25) is 0 Å². The van der Waals surface area contributed by atoms with Gasteiger partial charge in [0.05, 0.1) is 6.61 Å². The Hall–Kier alpha value is -1.02. The van der Waals surface area contributed by atoms with Crippen LogP contribution in [0, 0.1) is 12.8 Å². The molecule has 1 rings (SSSR count). The topological polar surface area (TPSA) is 21.3 Å². The highest BCUT2D eigenvalue weighted by atomic mass is 16.5. The number of nitrogens with one attached hydrogen (secondary N) is 1. The van der Waals surface area contributed by atoms with Gasteiger partial charge in [0, 0.05) is 17.6 Å². The van der Waals surface area contributed by atoms with Crippen molar-refractivity contribution in [1.82, 2.24) is 5.32 Å². The summed E-state index contributed by atoms with van der Waals surface area (Å²) < 4.78 is 6.06. The van der Waals surface area contributed by atoms with Crippen LogP contribution in [0.25, 0.3) is 0 Å². The minimum absolute atomic E-state index is 0.121. The van der Waals surface area contributed by atoms with Gasteiger partial charge in [-0.15, -0.1) is 0 Å². The Morgan fingerprint density at radius 2 is 1.80 bits per heavy atom. The van der Waals surface area contributed by atoms with E-state index in [-0.39, 0.29) is 5.54 Å². The highest BCUT2D eigenvalue weighted by Crippen LogP contribution is 2.22. The van der Waals surface area contributed by atoms with Crippen LogP contribution in [0.5, 0.6) is 5.75 Å².